The van der Waals surface area contributed by atoms with Crippen LogP contribution in [-0.2, 0) is 0 Å². The molecule has 1 aliphatic heterocycles. The highest BCUT2D eigenvalue weighted by molar-refractivity contribution is 6.30. The molecule has 2 unspecified atom stereocenters. The van der Waals surface area contributed by atoms with Crippen LogP contribution in [0.5, 0.6) is 5.75 Å². The third-order valence-corrected chi connectivity index (χ3v) is 2.48. The summed E-state index contributed by atoms with van der Waals surface area (Å²) >= 11 is 5.74. The molecular weight excluding hydrogens is 202 g/mol. The van der Waals surface area contributed by atoms with E-state index in [-0.39, 0.29) is 6.10 Å². The molecule has 2 atom stereocenters. The average molecular weight is 214 g/mol. The number of ether oxygens (including phenoxy) is 1. The van der Waals surface area contributed by atoms with Crippen molar-refractivity contribution >= 4 is 11.6 Å². The van der Waals surface area contributed by atoms with Crippen LogP contribution in [0.15, 0.2) is 24.3 Å². The van der Waals surface area contributed by atoms with Gasteiger partial charge in [-0.25, -0.2) is 0 Å². The van der Waals surface area contributed by atoms with E-state index in [1.807, 2.05) is 0 Å². The Balaban J connectivity index is 2.00. The van der Waals surface area contributed by atoms with Gasteiger partial charge in [0, 0.05) is 18.1 Å². The summed E-state index contributed by atoms with van der Waals surface area (Å²) in [5.41, 5.74) is 0. The van der Waals surface area contributed by atoms with E-state index >= 15 is 0 Å². The Bertz CT molecular complexity index is 301. The van der Waals surface area contributed by atoms with Crippen LogP contribution in [0.2, 0.25) is 5.02 Å². The fourth-order valence-corrected chi connectivity index (χ4v) is 1.58. The Hall–Kier alpha value is -0.770. The fraction of sp³-hybridized carbons (Fsp3) is 0.400. The van der Waals surface area contributed by atoms with E-state index in [1.54, 1.807) is 24.3 Å². The van der Waals surface area contributed by atoms with Crippen LogP contribution in [0.1, 0.15) is 0 Å². The summed E-state index contributed by atoms with van der Waals surface area (Å²) in [6.45, 7) is 1.28. The zero-order valence-electron chi connectivity index (χ0n) is 7.61. The Morgan fingerprint density at radius 3 is 2.57 bits per heavy atom. The van der Waals surface area contributed by atoms with E-state index in [2.05, 4.69) is 5.32 Å². The summed E-state index contributed by atoms with van der Waals surface area (Å²) in [6.07, 6.45) is -0.582. The monoisotopic (exact) mass is 213 g/mol. The van der Waals surface area contributed by atoms with Crippen LogP contribution < -0.4 is 10.1 Å². The van der Waals surface area contributed by atoms with Crippen LogP contribution in [0.3, 0.4) is 0 Å². The maximum Gasteiger partial charge on any atom is 0.138 e. The zero-order chi connectivity index (χ0) is 9.97. The first-order chi connectivity index (χ1) is 6.75. The summed E-state index contributed by atoms with van der Waals surface area (Å²) in [5, 5.41) is 13.2. The molecule has 2 rings (SSSR count). The average Bonchev–Trinajstić information content (AvgIpc) is 2.56. The smallest absolute Gasteiger partial charge is 0.138 e. The lowest BCUT2D eigenvalue weighted by molar-refractivity contribution is 0.0738. The molecular formula is C10H12ClNO2. The number of hydrogen-bond donors (Lipinski definition) is 2. The van der Waals surface area contributed by atoms with Crippen molar-refractivity contribution in [2.45, 2.75) is 12.2 Å². The number of aliphatic hydroxyl groups excluding tert-OH is 1. The molecule has 2 N–H and O–H groups in total. The van der Waals surface area contributed by atoms with Gasteiger partial charge < -0.3 is 15.2 Å². The number of rotatable bonds is 2. The van der Waals surface area contributed by atoms with Crippen molar-refractivity contribution < 1.29 is 9.84 Å². The molecule has 76 valence electrons. The second-order valence-electron chi connectivity index (χ2n) is 3.34. The first-order valence-electron chi connectivity index (χ1n) is 4.57. The molecule has 0 aliphatic carbocycles. The highest BCUT2D eigenvalue weighted by Crippen LogP contribution is 2.18. The molecule has 0 amide bonds. The van der Waals surface area contributed by atoms with Gasteiger partial charge in [0.1, 0.15) is 18.0 Å². The highest BCUT2D eigenvalue weighted by atomic mass is 35.5. The van der Waals surface area contributed by atoms with Crippen molar-refractivity contribution in [1.82, 2.24) is 5.32 Å². The number of halogens is 1. The van der Waals surface area contributed by atoms with Crippen LogP contribution in [0.25, 0.3) is 0 Å². The van der Waals surface area contributed by atoms with E-state index in [9.17, 15) is 5.11 Å². The van der Waals surface area contributed by atoms with Crippen LogP contribution in [-0.4, -0.2) is 30.4 Å². The lowest BCUT2D eigenvalue weighted by atomic mass is 10.2. The predicted octanol–water partition coefficient (Wildman–Crippen LogP) is 1.05. The molecule has 1 aromatic carbocycles. The molecule has 1 saturated heterocycles. The van der Waals surface area contributed by atoms with E-state index in [4.69, 9.17) is 16.3 Å². The van der Waals surface area contributed by atoms with E-state index in [1.165, 1.54) is 0 Å². The Kier molecular flexibility index (Phi) is 2.91. The third-order valence-electron chi connectivity index (χ3n) is 2.23. The predicted molar refractivity (Wildman–Crippen MR) is 54.7 cm³/mol. The van der Waals surface area contributed by atoms with Gasteiger partial charge in [0.05, 0.1) is 0 Å². The first kappa shape index (κ1) is 9.77. The summed E-state index contributed by atoms with van der Waals surface area (Å²) in [7, 11) is 0. The minimum Gasteiger partial charge on any atom is -0.486 e. The molecule has 4 heteroatoms. The van der Waals surface area contributed by atoms with Gasteiger partial charge in [-0.05, 0) is 24.3 Å². The number of aliphatic hydroxyl groups is 1. The van der Waals surface area contributed by atoms with Crippen molar-refractivity contribution in [3.63, 3.8) is 0 Å². The topological polar surface area (TPSA) is 41.5 Å². The number of hydrogen-bond acceptors (Lipinski definition) is 3. The minimum absolute atomic E-state index is 0.156. The molecule has 0 spiro atoms. The van der Waals surface area contributed by atoms with E-state index in [0.717, 1.165) is 5.75 Å². The maximum atomic E-state index is 9.49. The highest BCUT2D eigenvalue weighted by Gasteiger charge is 2.26. The summed E-state index contributed by atoms with van der Waals surface area (Å²) in [5.74, 6) is 0.738. The van der Waals surface area contributed by atoms with Crippen molar-refractivity contribution in [2.24, 2.45) is 0 Å². The van der Waals surface area contributed by atoms with E-state index < -0.39 is 6.10 Å². The standard InChI is InChI=1S/C10H12ClNO2/c11-7-1-3-8(4-2-7)14-10-6-12-5-9(10)13/h1-4,9-10,12-13H,5-6H2. The quantitative estimate of drug-likeness (QED) is 0.772. The normalized spacial score (nSPS) is 26.4. The molecule has 0 saturated carbocycles. The van der Waals surface area contributed by atoms with Gasteiger partial charge in [0.2, 0.25) is 0 Å². The molecule has 0 bridgehead atoms. The summed E-state index contributed by atoms with van der Waals surface area (Å²) in [6, 6.07) is 7.14. The SMILES string of the molecule is OC1CNCC1Oc1ccc(Cl)cc1. The van der Waals surface area contributed by atoms with Crippen LogP contribution >= 0.6 is 11.6 Å². The second-order valence-corrected chi connectivity index (χ2v) is 3.77. The van der Waals surface area contributed by atoms with Crippen molar-refractivity contribution in [1.29, 1.82) is 0 Å². The Morgan fingerprint density at radius 2 is 2.00 bits per heavy atom. The molecule has 0 aromatic heterocycles. The zero-order valence-corrected chi connectivity index (χ0v) is 8.37. The van der Waals surface area contributed by atoms with Gasteiger partial charge in [0.25, 0.3) is 0 Å². The number of β-amino-alcohol motifs (C(OH)–C–C–N with tert-alkyl or cyclic N) is 1. The maximum absolute atomic E-state index is 9.49. The van der Waals surface area contributed by atoms with E-state index in [0.29, 0.717) is 18.1 Å². The van der Waals surface area contributed by atoms with Gasteiger partial charge in [-0.15, -0.1) is 0 Å². The molecule has 1 fully saturated rings. The molecule has 1 heterocycles. The van der Waals surface area contributed by atoms with Gasteiger partial charge in [-0.1, -0.05) is 11.6 Å². The van der Waals surface area contributed by atoms with Gasteiger partial charge in [-0.2, -0.15) is 0 Å². The number of nitrogens with one attached hydrogen (secondary N) is 1. The van der Waals surface area contributed by atoms with Gasteiger partial charge in [0.15, 0.2) is 0 Å². The lowest BCUT2D eigenvalue weighted by Crippen LogP contribution is -2.29. The van der Waals surface area contributed by atoms with Crippen LogP contribution in [0, 0.1) is 0 Å². The largest absolute Gasteiger partial charge is 0.486 e. The van der Waals surface area contributed by atoms with Gasteiger partial charge in [-0.3, -0.25) is 0 Å². The Morgan fingerprint density at radius 1 is 1.29 bits per heavy atom. The van der Waals surface area contributed by atoms with Crippen molar-refractivity contribution in [2.75, 3.05) is 13.1 Å². The summed E-state index contributed by atoms with van der Waals surface area (Å²) in [4.78, 5) is 0. The second kappa shape index (κ2) is 4.17. The first-order valence-corrected chi connectivity index (χ1v) is 4.94. The number of benzene rings is 1. The molecule has 1 aliphatic rings. The molecule has 1 aromatic rings. The fourth-order valence-electron chi connectivity index (χ4n) is 1.45. The van der Waals surface area contributed by atoms with Crippen LogP contribution in [0.4, 0.5) is 0 Å². The molecule has 14 heavy (non-hydrogen) atoms. The minimum atomic E-state index is -0.425. The molecule has 3 nitrogen and oxygen atoms in total. The van der Waals surface area contributed by atoms with Gasteiger partial charge >= 0.3 is 0 Å². The third kappa shape index (κ3) is 2.18. The van der Waals surface area contributed by atoms with Crippen molar-refractivity contribution in [3.8, 4) is 5.75 Å². The lowest BCUT2D eigenvalue weighted by Gasteiger charge is -2.15. The summed E-state index contributed by atoms with van der Waals surface area (Å²) < 4.78 is 5.57. The molecule has 0 radical (unpaired) electrons. The van der Waals surface area contributed by atoms with Crippen molar-refractivity contribution in [3.05, 3.63) is 29.3 Å². The Labute approximate surface area is 87.6 Å².